The van der Waals surface area contributed by atoms with Gasteiger partial charge in [-0.05, 0) is 43.2 Å². The van der Waals surface area contributed by atoms with Crippen molar-refractivity contribution in [3.05, 3.63) is 59.7 Å². The second kappa shape index (κ2) is 6.97. The van der Waals surface area contributed by atoms with E-state index in [4.69, 9.17) is 0 Å². The standard InChI is InChI=1S/C23H23N3O3S/c1-24(2)10-11-25-21(28)18-13-17-16-8-3-4-9-19(16)30-23(17)26(20(18)22(25)29)14-6-5-7-15(27)12-14/h3-9,12,27-29H,10-11,13H2,1-2H3. The minimum atomic E-state index is 0.0378. The highest BCUT2D eigenvalue weighted by molar-refractivity contribution is 7.23. The van der Waals surface area contributed by atoms with Gasteiger partial charge in [0.15, 0.2) is 5.88 Å². The van der Waals surface area contributed by atoms with Gasteiger partial charge in [0.1, 0.15) is 16.4 Å². The fourth-order valence-corrected chi connectivity index (χ4v) is 5.39. The molecule has 3 heterocycles. The minimum Gasteiger partial charge on any atom is -0.508 e. The zero-order chi connectivity index (χ0) is 21.0. The Morgan fingerprint density at radius 1 is 0.967 bits per heavy atom. The summed E-state index contributed by atoms with van der Waals surface area (Å²) in [7, 11) is 3.92. The van der Waals surface area contributed by atoms with Gasteiger partial charge >= 0.3 is 0 Å². The third kappa shape index (κ3) is 2.81. The molecule has 1 aliphatic rings. The second-order valence-electron chi connectivity index (χ2n) is 7.84. The van der Waals surface area contributed by atoms with Crippen LogP contribution >= 0.6 is 11.3 Å². The first-order valence-electron chi connectivity index (χ1n) is 9.83. The summed E-state index contributed by atoms with van der Waals surface area (Å²) in [4.78, 5) is 3.97. The van der Waals surface area contributed by atoms with E-state index in [2.05, 4.69) is 12.1 Å². The third-order valence-electron chi connectivity index (χ3n) is 5.59. The Kier molecular flexibility index (Phi) is 4.38. The highest BCUT2D eigenvalue weighted by Crippen LogP contribution is 2.56. The van der Waals surface area contributed by atoms with E-state index in [9.17, 15) is 15.3 Å². The maximum atomic E-state index is 11.2. The highest BCUT2D eigenvalue weighted by atomic mass is 32.1. The van der Waals surface area contributed by atoms with E-state index in [1.165, 1.54) is 0 Å². The molecule has 0 atom stereocenters. The van der Waals surface area contributed by atoms with Gasteiger partial charge in [0, 0.05) is 35.8 Å². The van der Waals surface area contributed by atoms with Crippen LogP contribution in [0.1, 0.15) is 11.1 Å². The van der Waals surface area contributed by atoms with E-state index in [1.54, 1.807) is 34.1 Å². The van der Waals surface area contributed by atoms with Gasteiger partial charge in [-0.15, -0.1) is 11.3 Å². The van der Waals surface area contributed by atoms with Crippen molar-refractivity contribution in [2.45, 2.75) is 13.0 Å². The molecule has 0 bridgehead atoms. The van der Waals surface area contributed by atoms with Crippen LogP contribution in [0.15, 0.2) is 48.5 Å². The van der Waals surface area contributed by atoms with Crippen molar-refractivity contribution in [1.29, 1.82) is 0 Å². The van der Waals surface area contributed by atoms with Crippen molar-refractivity contribution in [3.63, 3.8) is 0 Å². The first-order chi connectivity index (χ1) is 14.5. The minimum absolute atomic E-state index is 0.0378. The summed E-state index contributed by atoms with van der Waals surface area (Å²) >= 11 is 1.65. The quantitative estimate of drug-likeness (QED) is 0.390. The van der Waals surface area contributed by atoms with Crippen LogP contribution < -0.4 is 4.90 Å². The van der Waals surface area contributed by atoms with Gasteiger partial charge < -0.3 is 20.2 Å². The Hall–Kier alpha value is -3.16. The molecule has 0 saturated heterocycles. The molecule has 5 rings (SSSR count). The molecule has 0 fully saturated rings. The van der Waals surface area contributed by atoms with Gasteiger partial charge in [-0.1, -0.05) is 24.3 Å². The molecule has 4 aromatic rings. The maximum absolute atomic E-state index is 11.2. The first-order valence-corrected chi connectivity index (χ1v) is 10.6. The van der Waals surface area contributed by atoms with Crippen LogP contribution in [0.5, 0.6) is 17.5 Å². The van der Waals surface area contributed by atoms with E-state index in [-0.39, 0.29) is 17.5 Å². The number of rotatable bonds is 4. The fraction of sp³-hybridized carbons (Fsp3) is 0.217. The highest BCUT2D eigenvalue weighted by Gasteiger charge is 2.35. The van der Waals surface area contributed by atoms with Crippen molar-refractivity contribution in [1.82, 2.24) is 9.47 Å². The molecular weight excluding hydrogens is 398 g/mol. The number of hydrogen-bond donors (Lipinski definition) is 3. The zero-order valence-corrected chi connectivity index (χ0v) is 17.6. The number of hydrogen-bond acceptors (Lipinski definition) is 6. The molecule has 0 aliphatic carbocycles. The van der Waals surface area contributed by atoms with Crippen LogP contribution in [-0.2, 0) is 13.0 Å². The van der Waals surface area contributed by atoms with Crippen molar-refractivity contribution in [2.75, 3.05) is 25.5 Å². The monoisotopic (exact) mass is 421 g/mol. The molecule has 30 heavy (non-hydrogen) atoms. The van der Waals surface area contributed by atoms with Crippen molar-refractivity contribution >= 4 is 37.8 Å². The predicted octanol–water partition coefficient (Wildman–Crippen LogP) is 4.76. The van der Waals surface area contributed by atoms with Crippen LogP contribution in [0.4, 0.5) is 16.4 Å². The van der Waals surface area contributed by atoms with Crippen molar-refractivity contribution in [3.8, 4) is 17.5 Å². The predicted molar refractivity (Wildman–Crippen MR) is 121 cm³/mol. The SMILES string of the molecule is CN(C)CCn1c(O)c2c(c1O)N(c1cccc(O)c1)c1sc3ccccc3c1C2. The van der Waals surface area contributed by atoms with Crippen molar-refractivity contribution in [2.24, 2.45) is 0 Å². The van der Waals surface area contributed by atoms with Gasteiger partial charge in [0.2, 0.25) is 5.88 Å². The summed E-state index contributed by atoms with van der Waals surface area (Å²) in [5.41, 5.74) is 3.14. The number of likely N-dealkylation sites (N-methyl/N-ethyl adjacent to an activating group) is 1. The summed E-state index contributed by atoms with van der Waals surface area (Å²) < 4.78 is 2.72. The lowest BCUT2D eigenvalue weighted by Crippen LogP contribution is -2.18. The molecule has 0 amide bonds. The summed E-state index contributed by atoms with van der Waals surface area (Å²) in [5, 5.41) is 34.4. The number of benzene rings is 2. The molecule has 2 aromatic heterocycles. The summed E-state index contributed by atoms with van der Waals surface area (Å²) in [6.07, 6.45) is 0.540. The van der Waals surface area contributed by atoms with Gasteiger partial charge in [0.25, 0.3) is 0 Å². The molecular formula is C23H23N3O3S. The topological polar surface area (TPSA) is 72.1 Å². The van der Waals surface area contributed by atoms with Crippen molar-refractivity contribution < 1.29 is 15.3 Å². The maximum Gasteiger partial charge on any atom is 0.219 e. The molecule has 2 aromatic carbocycles. The molecule has 0 radical (unpaired) electrons. The van der Waals surface area contributed by atoms with E-state index >= 15 is 0 Å². The number of fused-ring (bicyclic) bond motifs is 4. The van der Waals surface area contributed by atoms with E-state index in [1.807, 2.05) is 42.1 Å². The molecule has 154 valence electrons. The molecule has 0 spiro atoms. The molecule has 1 aliphatic heterocycles. The number of phenols is 1. The number of thiophene rings is 1. The molecule has 0 unspecified atom stereocenters. The molecule has 3 N–H and O–H groups in total. The van der Waals surface area contributed by atoms with E-state index < -0.39 is 0 Å². The molecule has 7 heteroatoms. The average molecular weight is 422 g/mol. The summed E-state index contributed by atoms with van der Waals surface area (Å²) in [6, 6.07) is 15.2. The Balaban J connectivity index is 1.76. The lowest BCUT2D eigenvalue weighted by molar-refractivity contribution is 0.327. The van der Waals surface area contributed by atoms with E-state index in [0.29, 0.717) is 30.8 Å². The number of anilines is 3. The van der Waals surface area contributed by atoms with Crippen LogP contribution in [-0.4, -0.2) is 45.4 Å². The van der Waals surface area contributed by atoms with E-state index in [0.717, 1.165) is 26.3 Å². The Morgan fingerprint density at radius 2 is 1.77 bits per heavy atom. The fourth-order valence-electron chi connectivity index (χ4n) is 4.14. The third-order valence-corrected chi connectivity index (χ3v) is 6.79. The van der Waals surface area contributed by atoms with Crippen LogP contribution in [0.25, 0.3) is 10.1 Å². The van der Waals surface area contributed by atoms with Gasteiger partial charge in [-0.25, -0.2) is 0 Å². The Morgan fingerprint density at radius 3 is 2.53 bits per heavy atom. The van der Waals surface area contributed by atoms with Crippen LogP contribution in [0.2, 0.25) is 0 Å². The lowest BCUT2D eigenvalue weighted by Gasteiger charge is -2.29. The Bertz CT molecular complexity index is 1260. The van der Waals surface area contributed by atoms with Gasteiger partial charge in [-0.3, -0.25) is 9.47 Å². The van der Waals surface area contributed by atoms with Gasteiger partial charge in [0.05, 0.1) is 5.69 Å². The number of phenolic OH excluding ortho intramolecular Hbond substituents is 1. The molecule has 6 nitrogen and oxygen atoms in total. The lowest BCUT2D eigenvalue weighted by atomic mass is 9.99. The summed E-state index contributed by atoms with van der Waals surface area (Å²) in [5.74, 6) is 0.282. The average Bonchev–Trinajstić information content (AvgIpc) is 3.20. The normalized spacial score (nSPS) is 13.1. The summed E-state index contributed by atoms with van der Waals surface area (Å²) in [6.45, 7) is 1.16. The number of aromatic nitrogens is 1. The largest absolute Gasteiger partial charge is 0.508 e. The van der Waals surface area contributed by atoms with Crippen LogP contribution in [0.3, 0.4) is 0 Å². The molecule has 0 saturated carbocycles. The second-order valence-corrected chi connectivity index (χ2v) is 8.87. The number of aromatic hydroxyl groups is 3. The smallest absolute Gasteiger partial charge is 0.219 e. The zero-order valence-electron chi connectivity index (χ0n) is 16.8. The van der Waals surface area contributed by atoms with Gasteiger partial charge in [-0.2, -0.15) is 0 Å². The number of nitrogens with zero attached hydrogens (tertiary/aromatic N) is 3. The first kappa shape index (κ1) is 18.8. The van der Waals surface area contributed by atoms with Crippen LogP contribution in [0, 0.1) is 0 Å². The Labute approximate surface area is 178 Å².